The minimum absolute atomic E-state index is 0.00247. The van der Waals surface area contributed by atoms with Gasteiger partial charge in [0.25, 0.3) is 0 Å². The average molecular weight is 398 g/mol. The predicted octanol–water partition coefficient (Wildman–Crippen LogP) is 4.31. The Morgan fingerprint density at radius 2 is 2.17 bits per heavy atom. The number of hydrogen-bond acceptors (Lipinski definition) is 4. The lowest BCUT2D eigenvalue weighted by atomic mass is 9.26. The highest BCUT2D eigenvalue weighted by molar-refractivity contribution is 5.99. The van der Waals surface area contributed by atoms with Crippen molar-refractivity contribution in [2.45, 2.75) is 83.8 Å². The van der Waals surface area contributed by atoms with Crippen molar-refractivity contribution in [2.75, 3.05) is 6.54 Å². The molecule has 4 heteroatoms. The standard InChI is InChI=1S/C25H35NO3/c1-5-14(2)21(27)29-19-12-24-20-17-9-16-10-18(23(17,19)11-15(16)3)25(24,28)8-6-7-22(24,4)13-26-20/h14,16-19,28H,3,5-13H2,1-2,4H3/t14-,16-,17+,18+,19+,22-,23-,24+,25+/m1/s1. The molecule has 0 aromatic rings. The molecule has 0 radical (unpaired) electrons. The molecule has 9 atom stereocenters. The van der Waals surface area contributed by atoms with Crippen LogP contribution in [0.4, 0.5) is 0 Å². The number of nitrogens with zero attached hydrogens (tertiary/aromatic N) is 1. The number of aliphatic hydroxyl groups is 1. The van der Waals surface area contributed by atoms with Crippen LogP contribution in [0.2, 0.25) is 0 Å². The van der Waals surface area contributed by atoms with Crippen LogP contribution >= 0.6 is 0 Å². The molecule has 2 spiro atoms. The number of allylic oxidation sites excluding steroid dienone is 1. The van der Waals surface area contributed by atoms with Crippen molar-refractivity contribution in [3.05, 3.63) is 12.2 Å². The average Bonchev–Trinajstić information content (AvgIpc) is 3.00. The van der Waals surface area contributed by atoms with Gasteiger partial charge in [0.1, 0.15) is 6.10 Å². The first-order valence-corrected chi connectivity index (χ1v) is 11.9. The van der Waals surface area contributed by atoms with Crippen molar-refractivity contribution in [1.82, 2.24) is 0 Å². The Morgan fingerprint density at radius 3 is 2.93 bits per heavy atom. The number of carbonyl (C=O) groups excluding carboxylic acids is 1. The lowest BCUT2D eigenvalue weighted by Gasteiger charge is -2.78. The Morgan fingerprint density at radius 1 is 1.38 bits per heavy atom. The van der Waals surface area contributed by atoms with Crippen LogP contribution in [0.1, 0.15) is 72.1 Å². The fourth-order valence-electron chi connectivity index (χ4n) is 9.32. The van der Waals surface area contributed by atoms with Crippen molar-refractivity contribution in [3.8, 4) is 0 Å². The number of aliphatic imine (C=N–C) groups is 1. The molecule has 8 aliphatic rings. The molecule has 158 valence electrons. The van der Waals surface area contributed by atoms with Crippen molar-refractivity contribution in [1.29, 1.82) is 0 Å². The lowest BCUT2D eigenvalue weighted by Crippen LogP contribution is -2.83. The number of carbonyl (C=O) groups is 1. The van der Waals surface area contributed by atoms with E-state index in [0.29, 0.717) is 11.8 Å². The van der Waals surface area contributed by atoms with E-state index < -0.39 is 5.60 Å². The van der Waals surface area contributed by atoms with Crippen LogP contribution in [-0.2, 0) is 9.53 Å². The zero-order valence-corrected chi connectivity index (χ0v) is 18.2. The molecule has 0 saturated heterocycles. The van der Waals surface area contributed by atoms with Crippen LogP contribution in [-0.4, -0.2) is 35.0 Å². The zero-order chi connectivity index (χ0) is 20.4. The molecule has 1 aliphatic heterocycles. The highest BCUT2D eigenvalue weighted by Crippen LogP contribution is 2.81. The number of fused-ring (bicyclic) bond motifs is 2. The third-order valence-electron chi connectivity index (χ3n) is 10.8. The Kier molecular flexibility index (Phi) is 3.44. The minimum Gasteiger partial charge on any atom is -0.461 e. The van der Waals surface area contributed by atoms with Gasteiger partial charge in [-0.1, -0.05) is 32.9 Å². The molecule has 0 amide bonds. The summed E-state index contributed by atoms with van der Waals surface area (Å²) in [4.78, 5) is 18.2. The normalized spacial score (nSPS) is 54.8. The second kappa shape index (κ2) is 5.36. The number of ether oxygens (including phenoxy) is 1. The van der Waals surface area contributed by atoms with Gasteiger partial charge in [0.15, 0.2) is 0 Å². The molecule has 7 saturated carbocycles. The smallest absolute Gasteiger partial charge is 0.308 e. The number of hydrogen-bond donors (Lipinski definition) is 1. The summed E-state index contributed by atoms with van der Waals surface area (Å²) in [6.45, 7) is 11.7. The van der Waals surface area contributed by atoms with Gasteiger partial charge in [0.2, 0.25) is 0 Å². The van der Waals surface area contributed by atoms with E-state index in [0.717, 1.165) is 57.9 Å². The van der Waals surface area contributed by atoms with Crippen molar-refractivity contribution in [2.24, 2.45) is 44.9 Å². The highest BCUT2D eigenvalue weighted by Gasteiger charge is 2.84. The Balaban J connectivity index is 1.54. The monoisotopic (exact) mass is 397 g/mol. The van der Waals surface area contributed by atoms with Gasteiger partial charge in [-0.25, -0.2) is 0 Å². The predicted molar refractivity (Wildman–Crippen MR) is 111 cm³/mol. The van der Waals surface area contributed by atoms with E-state index in [1.807, 2.05) is 13.8 Å². The zero-order valence-electron chi connectivity index (χ0n) is 18.2. The Hall–Kier alpha value is -1.16. The van der Waals surface area contributed by atoms with E-state index in [-0.39, 0.29) is 40.2 Å². The Labute approximate surface area is 174 Å². The van der Waals surface area contributed by atoms with E-state index in [1.165, 1.54) is 11.3 Å². The SMILES string of the molecule is C=C1C[C@]23[C@@H](OC(=O)[C@H](C)CC)C[C@]45C6=NC[C@@]4(C)CCC[C@]5(O)[C@H]2C[C@H]1C[C@@H]63. The maximum atomic E-state index is 12.9. The molecular formula is C25H35NO3. The van der Waals surface area contributed by atoms with E-state index in [4.69, 9.17) is 9.73 Å². The van der Waals surface area contributed by atoms with E-state index >= 15 is 0 Å². The molecule has 8 rings (SSSR count). The fourth-order valence-corrected chi connectivity index (χ4v) is 9.32. The fraction of sp³-hybridized carbons (Fsp3) is 0.840. The van der Waals surface area contributed by atoms with Crippen LogP contribution in [0.3, 0.4) is 0 Å². The lowest BCUT2D eigenvalue weighted by molar-refractivity contribution is -0.308. The number of esters is 1. The van der Waals surface area contributed by atoms with Gasteiger partial charge < -0.3 is 9.84 Å². The maximum Gasteiger partial charge on any atom is 0.308 e. The van der Waals surface area contributed by atoms with E-state index in [2.05, 4.69) is 13.5 Å². The summed E-state index contributed by atoms with van der Waals surface area (Å²) in [6, 6.07) is 0. The summed E-state index contributed by atoms with van der Waals surface area (Å²) >= 11 is 0. The van der Waals surface area contributed by atoms with Gasteiger partial charge in [-0.05, 0) is 63.2 Å². The third-order valence-corrected chi connectivity index (χ3v) is 10.8. The second-order valence-electron chi connectivity index (χ2n) is 11.6. The third kappa shape index (κ3) is 1.77. The van der Waals surface area contributed by atoms with E-state index in [1.54, 1.807) is 0 Å². The van der Waals surface area contributed by atoms with Crippen LogP contribution < -0.4 is 0 Å². The topological polar surface area (TPSA) is 58.9 Å². The summed E-state index contributed by atoms with van der Waals surface area (Å²) in [6.07, 6.45) is 7.58. The van der Waals surface area contributed by atoms with Gasteiger partial charge in [-0.3, -0.25) is 9.79 Å². The van der Waals surface area contributed by atoms with Crippen molar-refractivity contribution < 1.29 is 14.6 Å². The highest BCUT2D eigenvalue weighted by atomic mass is 16.5. The first-order chi connectivity index (χ1) is 13.7. The van der Waals surface area contributed by atoms with Gasteiger partial charge in [-0.15, -0.1) is 0 Å². The van der Waals surface area contributed by atoms with E-state index in [9.17, 15) is 9.90 Å². The summed E-state index contributed by atoms with van der Waals surface area (Å²) < 4.78 is 6.39. The molecule has 5 bridgehead atoms. The van der Waals surface area contributed by atoms with Gasteiger partial charge in [0, 0.05) is 34.4 Å². The molecule has 1 heterocycles. The quantitative estimate of drug-likeness (QED) is 0.570. The van der Waals surface area contributed by atoms with Crippen LogP contribution in [0.25, 0.3) is 0 Å². The van der Waals surface area contributed by atoms with Crippen LogP contribution in [0.5, 0.6) is 0 Å². The van der Waals surface area contributed by atoms with Crippen molar-refractivity contribution in [3.63, 3.8) is 0 Å². The summed E-state index contributed by atoms with van der Waals surface area (Å²) in [5, 5.41) is 12.5. The molecular weight excluding hydrogens is 362 g/mol. The summed E-state index contributed by atoms with van der Waals surface area (Å²) in [7, 11) is 0. The molecule has 29 heavy (non-hydrogen) atoms. The van der Waals surface area contributed by atoms with Gasteiger partial charge in [0.05, 0.1) is 11.5 Å². The summed E-state index contributed by atoms with van der Waals surface area (Å²) in [5.74, 6) is 0.943. The maximum absolute atomic E-state index is 12.9. The van der Waals surface area contributed by atoms with Crippen LogP contribution in [0, 0.1) is 39.9 Å². The minimum atomic E-state index is -0.690. The first-order valence-electron chi connectivity index (χ1n) is 11.9. The molecule has 4 nitrogen and oxygen atoms in total. The first kappa shape index (κ1) is 18.6. The Bertz CT molecular complexity index is 849. The number of rotatable bonds is 3. The van der Waals surface area contributed by atoms with Crippen LogP contribution in [0.15, 0.2) is 17.1 Å². The molecule has 0 aromatic heterocycles. The molecule has 7 fully saturated rings. The van der Waals surface area contributed by atoms with Gasteiger partial charge >= 0.3 is 5.97 Å². The summed E-state index contributed by atoms with van der Waals surface area (Å²) in [5.41, 5.74) is 1.46. The molecule has 0 aromatic carbocycles. The molecule has 7 aliphatic carbocycles. The van der Waals surface area contributed by atoms with Crippen molar-refractivity contribution >= 4 is 11.7 Å². The second-order valence-corrected chi connectivity index (χ2v) is 11.6. The van der Waals surface area contributed by atoms with Gasteiger partial charge in [-0.2, -0.15) is 0 Å². The largest absolute Gasteiger partial charge is 0.461 e. The molecule has 1 N–H and O–H groups in total. The molecule has 0 unspecified atom stereocenters.